The molecule has 0 spiro atoms. The van der Waals surface area contributed by atoms with Crippen molar-refractivity contribution < 1.29 is 19.0 Å². The number of nitrogens with two attached hydrogens (primary N) is 1. The Bertz CT molecular complexity index is 503. The highest BCUT2D eigenvalue weighted by Crippen LogP contribution is 2.29. The first-order chi connectivity index (χ1) is 9.10. The van der Waals surface area contributed by atoms with Gasteiger partial charge < -0.3 is 20.9 Å². The third-order valence-electron chi connectivity index (χ3n) is 2.32. The van der Waals surface area contributed by atoms with Crippen molar-refractivity contribution in [2.24, 2.45) is 5.73 Å². The summed E-state index contributed by atoms with van der Waals surface area (Å²) in [6.45, 7) is 5.23. The van der Waals surface area contributed by atoms with Crippen molar-refractivity contribution in [3.63, 3.8) is 0 Å². The largest absolute Gasteiger partial charge is 0.505 e. The van der Waals surface area contributed by atoms with Gasteiger partial charge in [0.2, 0.25) is 0 Å². The molecule has 5 nitrogen and oxygen atoms in total. The molecule has 0 bridgehead atoms. The van der Waals surface area contributed by atoms with Gasteiger partial charge in [0.05, 0.1) is 6.04 Å². The van der Waals surface area contributed by atoms with Crippen LogP contribution in [0.25, 0.3) is 0 Å². The molecule has 112 valence electrons. The first-order valence-electron chi connectivity index (χ1n) is 6.00. The highest BCUT2D eigenvalue weighted by molar-refractivity contribution is 9.10. The maximum Gasteiger partial charge on any atom is 0.407 e. The van der Waals surface area contributed by atoms with Crippen molar-refractivity contribution in [3.8, 4) is 5.75 Å². The highest BCUT2D eigenvalue weighted by atomic mass is 79.9. The fraction of sp³-hybridized carbons (Fsp3) is 0.462. The second kappa shape index (κ2) is 6.41. The second-order valence-corrected chi connectivity index (χ2v) is 6.23. The molecule has 1 aromatic rings. The molecule has 1 atom stereocenters. The normalized spacial score (nSPS) is 12.9. The lowest BCUT2D eigenvalue weighted by molar-refractivity contribution is 0.0524. The van der Waals surface area contributed by atoms with Crippen LogP contribution in [0.1, 0.15) is 32.4 Å². The average Bonchev–Trinajstić information content (AvgIpc) is 2.28. The summed E-state index contributed by atoms with van der Waals surface area (Å²) in [5.41, 5.74) is 5.42. The highest BCUT2D eigenvalue weighted by Gasteiger charge is 2.19. The maximum absolute atomic E-state index is 13.4. The van der Waals surface area contributed by atoms with Gasteiger partial charge in [-0.15, -0.1) is 0 Å². The number of phenols is 1. The zero-order valence-electron chi connectivity index (χ0n) is 11.5. The Morgan fingerprint density at radius 2 is 2.15 bits per heavy atom. The van der Waals surface area contributed by atoms with Crippen LogP contribution in [-0.2, 0) is 4.74 Å². The molecule has 4 N–H and O–H groups in total. The Balaban J connectivity index is 2.68. The van der Waals surface area contributed by atoms with E-state index in [1.54, 1.807) is 20.8 Å². The Labute approximate surface area is 125 Å². The number of benzene rings is 1. The summed E-state index contributed by atoms with van der Waals surface area (Å²) in [6.07, 6.45) is -0.622. The van der Waals surface area contributed by atoms with E-state index in [4.69, 9.17) is 10.5 Å². The lowest BCUT2D eigenvalue weighted by Gasteiger charge is -2.21. The van der Waals surface area contributed by atoms with Gasteiger partial charge in [-0.05, 0) is 32.9 Å². The van der Waals surface area contributed by atoms with Gasteiger partial charge in [0.25, 0.3) is 0 Å². The number of nitrogens with one attached hydrogen (secondary N) is 1. The van der Waals surface area contributed by atoms with E-state index in [9.17, 15) is 14.3 Å². The van der Waals surface area contributed by atoms with Gasteiger partial charge in [0.15, 0.2) is 11.6 Å². The van der Waals surface area contributed by atoms with Crippen molar-refractivity contribution in [1.82, 2.24) is 5.32 Å². The summed E-state index contributed by atoms with van der Waals surface area (Å²) in [7, 11) is 0. The third-order valence-corrected chi connectivity index (χ3v) is 2.78. The van der Waals surface area contributed by atoms with Crippen molar-refractivity contribution in [1.29, 1.82) is 0 Å². The van der Waals surface area contributed by atoms with Crippen molar-refractivity contribution in [2.45, 2.75) is 32.4 Å². The molecule has 1 aromatic carbocycles. The molecule has 0 saturated carbocycles. The van der Waals surface area contributed by atoms with E-state index < -0.39 is 29.3 Å². The summed E-state index contributed by atoms with van der Waals surface area (Å²) in [5.74, 6) is -1.30. The SMILES string of the molecule is CC(C)(C)OC(=O)NCC(N)c1cc(Br)cc(F)c1O. The monoisotopic (exact) mass is 348 g/mol. The van der Waals surface area contributed by atoms with E-state index in [0.29, 0.717) is 4.47 Å². The molecule has 20 heavy (non-hydrogen) atoms. The minimum absolute atomic E-state index is 0.0123. The number of hydrogen-bond donors (Lipinski definition) is 3. The van der Waals surface area contributed by atoms with E-state index in [2.05, 4.69) is 21.2 Å². The summed E-state index contributed by atoms with van der Waals surface area (Å²) in [5, 5.41) is 12.1. The van der Waals surface area contributed by atoms with Gasteiger partial charge in [0.1, 0.15) is 5.60 Å². The van der Waals surface area contributed by atoms with Crippen LogP contribution in [0.4, 0.5) is 9.18 Å². The summed E-state index contributed by atoms with van der Waals surface area (Å²) >= 11 is 3.12. The first-order valence-corrected chi connectivity index (χ1v) is 6.80. The van der Waals surface area contributed by atoms with Crippen LogP contribution in [0.15, 0.2) is 16.6 Å². The predicted octanol–water partition coefficient (Wildman–Crippen LogP) is 2.82. The Hall–Kier alpha value is -1.34. The summed E-state index contributed by atoms with van der Waals surface area (Å²) < 4.78 is 18.9. The fourth-order valence-electron chi connectivity index (χ4n) is 1.49. The fourth-order valence-corrected chi connectivity index (χ4v) is 1.93. The molecule has 0 fully saturated rings. The van der Waals surface area contributed by atoms with Crippen LogP contribution in [0.3, 0.4) is 0 Å². The van der Waals surface area contributed by atoms with E-state index in [1.165, 1.54) is 6.07 Å². The molecule has 0 aliphatic carbocycles. The van der Waals surface area contributed by atoms with Crippen LogP contribution in [-0.4, -0.2) is 23.3 Å². The smallest absolute Gasteiger partial charge is 0.407 e. The van der Waals surface area contributed by atoms with E-state index in [1.807, 2.05) is 0 Å². The number of rotatable bonds is 3. The van der Waals surface area contributed by atoms with Gasteiger partial charge in [-0.3, -0.25) is 0 Å². The van der Waals surface area contributed by atoms with Gasteiger partial charge in [0, 0.05) is 16.6 Å². The van der Waals surface area contributed by atoms with Crippen LogP contribution in [0.2, 0.25) is 0 Å². The van der Waals surface area contributed by atoms with E-state index in [-0.39, 0.29) is 12.1 Å². The van der Waals surface area contributed by atoms with Crippen molar-refractivity contribution in [2.75, 3.05) is 6.54 Å². The topological polar surface area (TPSA) is 84.6 Å². The van der Waals surface area contributed by atoms with E-state index >= 15 is 0 Å². The molecule has 0 aliphatic heterocycles. The Kier molecular flexibility index (Phi) is 5.35. The van der Waals surface area contributed by atoms with Crippen LogP contribution >= 0.6 is 15.9 Å². The molecular weight excluding hydrogens is 331 g/mol. The third kappa shape index (κ3) is 4.97. The number of alkyl carbamates (subject to hydrolysis) is 1. The zero-order valence-corrected chi connectivity index (χ0v) is 13.1. The maximum atomic E-state index is 13.4. The van der Waals surface area contributed by atoms with Gasteiger partial charge >= 0.3 is 6.09 Å². The number of carbonyl (C=O) groups is 1. The Morgan fingerprint density at radius 1 is 1.55 bits per heavy atom. The molecular formula is C13H18BrFN2O3. The molecule has 1 rings (SSSR count). The van der Waals surface area contributed by atoms with Crippen LogP contribution < -0.4 is 11.1 Å². The first kappa shape index (κ1) is 16.7. The predicted molar refractivity (Wildman–Crippen MR) is 76.9 cm³/mol. The number of hydrogen-bond acceptors (Lipinski definition) is 4. The average molecular weight is 349 g/mol. The number of amides is 1. The molecule has 0 heterocycles. The van der Waals surface area contributed by atoms with E-state index in [0.717, 1.165) is 6.07 Å². The minimum atomic E-state index is -0.776. The molecule has 0 radical (unpaired) electrons. The molecule has 0 aromatic heterocycles. The number of carbonyl (C=O) groups excluding carboxylic acids is 1. The number of ether oxygens (including phenoxy) is 1. The summed E-state index contributed by atoms with van der Waals surface area (Å²) in [4.78, 5) is 11.5. The van der Waals surface area contributed by atoms with Crippen LogP contribution in [0, 0.1) is 5.82 Å². The second-order valence-electron chi connectivity index (χ2n) is 5.31. The number of halogens is 2. The standard InChI is InChI=1S/C13H18BrFN2O3/c1-13(2,3)20-12(19)17-6-10(16)8-4-7(14)5-9(15)11(8)18/h4-5,10,18H,6,16H2,1-3H3,(H,17,19). The van der Waals surface area contributed by atoms with Crippen molar-refractivity contribution >= 4 is 22.0 Å². The zero-order chi connectivity index (χ0) is 15.5. The Morgan fingerprint density at radius 3 is 2.70 bits per heavy atom. The number of phenolic OH excluding ortho intramolecular Hbond substituents is 1. The van der Waals surface area contributed by atoms with Crippen LogP contribution in [0.5, 0.6) is 5.75 Å². The van der Waals surface area contributed by atoms with Gasteiger partial charge in [-0.25, -0.2) is 9.18 Å². The molecule has 1 unspecified atom stereocenters. The molecule has 0 aliphatic rings. The summed E-state index contributed by atoms with van der Waals surface area (Å²) in [6, 6.07) is 1.88. The lowest BCUT2D eigenvalue weighted by Crippen LogP contribution is -2.36. The van der Waals surface area contributed by atoms with Gasteiger partial charge in [-0.2, -0.15) is 0 Å². The molecule has 1 amide bonds. The lowest BCUT2D eigenvalue weighted by atomic mass is 10.1. The van der Waals surface area contributed by atoms with Gasteiger partial charge in [-0.1, -0.05) is 15.9 Å². The molecule has 7 heteroatoms. The molecule has 0 saturated heterocycles. The number of aromatic hydroxyl groups is 1. The minimum Gasteiger partial charge on any atom is -0.505 e. The van der Waals surface area contributed by atoms with Crippen molar-refractivity contribution in [3.05, 3.63) is 28.0 Å². The quantitative estimate of drug-likeness (QED) is 0.784.